The summed E-state index contributed by atoms with van der Waals surface area (Å²) in [6.07, 6.45) is 19.5. The Morgan fingerprint density at radius 3 is 1.83 bits per heavy atom. The standard InChI is InChI=1S/C28H48N2O5/c31-26-16-7-5-11-21-29(26)19-9-1-3-13-23-34-24-15-18-28(33)35-25-14-4-2-10-20-30-22-12-6-8-17-27(30)32/h15,18H,1-14,16-17,19-25H2/b18-15-. The van der Waals surface area contributed by atoms with Crippen LogP contribution in [-0.2, 0) is 23.9 Å². The van der Waals surface area contributed by atoms with Crippen LogP contribution in [0.2, 0.25) is 0 Å². The van der Waals surface area contributed by atoms with Crippen molar-refractivity contribution >= 4 is 17.8 Å². The lowest BCUT2D eigenvalue weighted by Gasteiger charge is -2.20. The summed E-state index contributed by atoms with van der Waals surface area (Å²) in [6, 6.07) is 0. The van der Waals surface area contributed by atoms with Crippen LogP contribution in [-0.4, -0.2) is 73.6 Å². The number of carbonyl (C=O) groups excluding carboxylic acids is 3. The van der Waals surface area contributed by atoms with Crippen LogP contribution in [0.4, 0.5) is 0 Å². The molecule has 2 amide bonds. The third-order valence-electron chi connectivity index (χ3n) is 6.84. The second-order valence-corrected chi connectivity index (χ2v) is 9.86. The molecule has 2 fully saturated rings. The number of esters is 1. The van der Waals surface area contributed by atoms with E-state index in [1.54, 1.807) is 6.08 Å². The van der Waals surface area contributed by atoms with E-state index < -0.39 is 0 Å². The molecule has 2 saturated heterocycles. The smallest absolute Gasteiger partial charge is 0.330 e. The maximum Gasteiger partial charge on any atom is 0.330 e. The second kappa shape index (κ2) is 19.3. The minimum absolute atomic E-state index is 0.310. The number of carbonyl (C=O) groups is 3. The molecule has 0 radical (unpaired) electrons. The highest BCUT2D eigenvalue weighted by Gasteiger charge is 2.16. The van der Waals surface area contributed by atoms with Crippen molar-refractivity contribution in [2.24, 2.45) is 0 Å². The van der Waals surface area contributed by atoms with E-state index in [0.29, 0.717) is 38.1 Å². The number of rotatable bonds is 17. The monoisotopic (exact) mass is 492 g/mol. The first-order valence-electron chi connectivity index (χ1n) is 14.1. The van der Waals surface area contributed by atoms with Crippen molar-refractivity contribution in [3.05, 3.63) is 12.2 Å². The van der Waals surface area contributed by atoms with Gasteiger partial charge in [-0.05, 0) is 57.8 Å². The molecule has 0 aromatic rings. The predicted molar refractivity (Wildman–Crippen MR) is 138 cm³/mol. The van der Waals surface area contributed by atoms with Gasteiger partial charge in [0, 0.05) is 51.7 Å². The van der Waals surface area contributed by atoms with Gasteiger partial charge in [0.2, 0.25) is 11.8 Å². The van der Waals surface area contributed by atoms with Crippen molar-refractivity contribution < 1.29 is 23.9 Å². The molecule has 0 saturated carbocycles. The number of hydrogen-bond donors (Lipinski definition) is 0. The van der Waals surface area contributed by atoms with E-state index in [1.165, 1.54) is 12.5 Å². The molecule has 0 bridgehead atoms. The lowest BCUT2D eigenvalue weighted by atomic mass is 10.2. The van der Waals surface area contributed by atoms with Crippen molar-refractivity contribution in [2.75, 3.05) is 46.0 Å². The van der Waals surface area contributed by atoms with Crippen molar-refractivity contribution in [1.82, 2.24) is 9.80 Å². The third-order valence-corrected chi connectivity index (χ3v) is 6.84. The van der Waals surface area contributed by atoms with Gasteiger partial charge in [-0.15, -0.1) is 0 Å². The van der Waals surface area contributed by atoms with Crippen LogP contribution in [0, 0.1) is 0 Å². The zero-order chi connectivity index (χ0) is 25.0. The maximum absolute atomic E-state index is 12.0. The number of likely N-dealkylation sites (tertiary alicyclic amines) is 2. The van der Waals surface area contributed by atoms with Crippen LogP contribution >= 0.6 is 0 Å². The van der Waals surface area contributed by atoms with Gasteiger partial charge in [0.1, 0.15) is 0 Å². The van der Waals surface area contributed by atoms with Crippen LogP contribution in [0.5, 0.6) is 0 Å². The van der Waals surface area contributed by atoms with Crippen molar-refractivity contribution in [3.63, 3.8) is 0 Å². The minimum Gasteiger partial charge on any atom is -0.463 e. The molecular formula is C28H48N2O5. The Balaban J connectivity index is 1.34. The van der Waals surface area contributed by atoms with Crippen LogP contribution in [0.25, 0.3) is 0 Å². The number of unbranched alkanes of at least 4 members (excludes halogenated alkanes) is 6. The molecule has 0 aromatic heterocycles. The Morgan fingerprint density at radius 1 is 0.686 bits per heavy atom. The third kappa shape index (κ3) is 14.3. The molecule has 0 aliphatic carbocycles. The molecular weight excluding hydrogens is 444 g/mol. The van der Waals surface area contributed by atoms with E-state index in [9.17, 15) is 14.4 Å². The van der Waals surface area contributed by atoms with E-state index in [4.69, 9.17) is 9.47 Å². The normalized spacial score (nSPS) is 17.6. The fraction of sp³-hybridized carbons (Fsp3) is 0.821. The first kappa shape index (κ1) is 29.3. The number of hydrogen-bond acceptors (Lipinski definition) is 5. The molecule has 2 rings (SSSR count). The van der Waals surface area contributed by atoms with Gasteiger partial charge < -0.3 is 19.3 Å². The van der Waals surface area contributed by atoms with E-state index in [2.05, 4.69) is 0 Å². The van der Waals surface area contributed by atoms with E-state index in [1.807, 2.05) is 9.80 Å². The SMILES string of the molecule is O=C(/C=C\COCCCCCCN1CCCCCC1=O)OCCCCCCN1CCCCCC1=O. The first-order chi connectivity index (χ1) is 17.2. The Kier molecular flexibility index (Phi) is 16.2. The van der Waals surface area contributed by atoms with Crippen molar-refractivity contribution in [1.29, 1.82) is 0 Å². The van der Waals surface area contributed by atoms with Gasteiger partial charge in [-0.25, -0.2) is 4.79 Å². The molecule has 7 heteroatoms. The van der Waals surface area contributed by atoms with E-state index in [0.717, 1.165) is 116 Å². The molecule has 2 aliphatic rings. The van der Waals surface area contributed by atoms with Gasteiger partial charge >= 0.3 is 5.97 Å². The fourth-order valence-corrected chi connectivity index (χ4v) is 4.69. The fourth-order valence-electron chi connectivity index (χ4n) is 4.69. The molecule has 2 aliphatic heterocycles. The molecule has 7 nitrogen and oxygen atoms in total. The van der Waals surface area contributed by atoms with Crippen LogP contribution in [0.1, 0.15) is 103 Å². The van der Waals surface area contributed by atoms with Gasteiger partial charge in [-0.3, -0.25) is 9.59 Å². The van der Waals surface area contributed by atoms with E-state index in [-0.39, 0.29) is 5.97 Å². The molecule has 35 heavy (non-hydrogen) atoms. The molecule has 0 unspecified atom stereocenters. The average molecular weight is 493 g/mol. The molecule has 0 spiro atoms. The van der Waals surface area contributed by atoms with Gasteiger partial charge in [-0.2, -0.15) is 0 Å². The zero-order valence-electron chi connectivity index (χ0n) is 21.9. The van der Waals surface area contributed by atoms with Crippen molar-refractivity contribution in [2.45, 2.75) is 103 Å². The summed E-state index contributed by atoms with van der Waals surface area (Å²) in [5, 5.41) is 0. The van der Waals surface area contributed by atoms with Gasteiger partial charge in [0.15, 0.2) is 0 Å². The summed E-state index contributed by atoms with van der Waals surface area (Å²) < 4.78 is 10.8. The number of nitrogens with zero attached hydrogens (tertiary/aromatic N) is 2. The molecule has 0 aromatic carbocycles. The zero-order valence-corrected chi connectivity index (χ0v) is 21.9. The van der Waals surface area contributed by atoms with Crippen LogP contribution in [0.15, 0.2) is 12.2 Å². The Labute approximate surface area is 212 Å². The maximum atomic E-state index is 12.0. The quantitative estimate of drug-likeness (QED) is 0.162. The average Bonchev–Trinajstić information content (AvgIpc) is 3.19. The number of amides is 2. The summed E-state index contributed by atoms with van der Waals surface area (Å²) in [5.74, 6) is 0.324. The molecule has 200 valence electrons. The topological polar surface area (TPSA) is 76.2 Å². The summed E-state index contributed by atoms with van der Waals surface area (Å²) in [4.78, 5) is 39.7. The summed E-state index contributed by atoms with van der Waals surface area (Å²) in [5.41, 5.74) is 0. The highest BCUT2D eigenvalue weighted by Crippen LogP contribution is 2.13. The summed E-state index contributed by atoms with van der Waals surface area (Å²) in [6.45, 7) is 5.14. The highest BCUT2D eigenvalue weighted by molar-refractivity contribution is 5.81. The summed E-state index contributed by atoms with van der Waals surface area (Å²) >= 11 is 0. The minimum atomic E-state index is -0.313. The largest absolute Gasteiger partial charge is 0.463 e. The Bertz CT molecular complexity index is 637. The first-order valence-corrected chi connectivity index (χ1v) is 14.1. The molecule has 2 heterocycles. The Hall–Kier alpha value is -1.89. The molecule has 0 N–H and O–H groups in total. The van der Waals surface area contributed by atoms with Crippen molar-refractivity contribution in [3.8, 4) is 0 Å². The number of ether oxygens (including phenoxy) is 2. The van der Waals surface area contributed by atoms with Gasteiger partial charge in [-0.1, -0.05) is 38.2 Å². The van der Waals surface area contributed by atoms with Gasteiger partial charge in [0.05, 0.1) is 13.2 Å². The summed E-state index contributed by atoms with van der Waals surface area (Å²) in [7, 11) is 0. The highest BCUT2D eigenvalue weighted by atomic mass is 16.5. The molecule has 0 atom stereocenters. The van der Waals surface area contributed by atoms with Crippen LogP contribution < -0.4 is 0 Å². The lowest BCUT2D eigenvalue weighted by molar-refractivity contribution is -0.138. The lowest BCUT2D eigenvalue weighted by Crippen LogP contribution is -2.31. The van der Waals surface area contributed by atoms with E-state index >= 15 is 0 Å². The second-order valence-electron chi connectivity index (χ2n) is 9.86. The van der Waals surface area contributed by atoms with Gasteiger partial charge in [0.25, 0.3) is 0 Å². The van der Waals surface area contributed by atoms with Crippen LogP contribution in [0.3, 0.4) is 0 Å². The predicted octanol–water partition coefficient (Wildman–Crippen LogP) is 5.03. The Morgan fingerprint density at radius 2 is 1.23 bits per heavy atom.